The van der Waals surface area contributed by atoms with E-state index in [1.165, 1.54) is 37.4 Å². The van der Waals surface area contributed by atoms with E-state index >= 15 is 0 Å². The van der Waals surface area contributed by atoms with Gasteiger partial charge in [-0.15, -0.1) is 0 Å². The van der Waals surface area contributed by atoms with Gasteiger partial charge in [-0.3, -0.25) is 14.5 Å². The Labute approximate surface area is 295 Å². The number of benzene rings is 2. The van der Waals surface area contributed by atoms with Crippen molar-refractivity contribution in [3.63, 3.8) is 0 Å². The summed E-state index contributed by atoms with van der Waals surface area (Å²) >= 11 is 6.39. The van der Waals surface area contributed by atoms with Crippen LogP contribution in [0.2, 0.25) is 5.02 Å². The molecular weight excluding hydrogens is 636 g/mol. The highest BCUT2D eigenvalue weighted by atomic mass is 35.5. The molecule has 11 heteroatoms. The van der Waals surface area contributed by atoms with Crippen LogP contribution < -0.4 is 26.2 Å². The summed E-state index contributed by atoms with van der Waals surface area (Å²) in [4.78, 5) is 38.2. The first-order valence-electron chi connectivity index (χ1n) is 17.7. The van der Waals surface area contributed by atoms with Crippen LogP contribution in [0.5, 0.6) is 0 Å². The summed E-state index contributed by atoms with van der Waals surface area (Å²) in [7, 11) is 0. The molecule has 0 spiro atoms. The summed E-state index contributed by atoms with van der Waals surface area (Å²) in [6, 6.07) is 15.9. The van der Waals surface area contributed by atoms with E-state index < -0.39 is 0 Å². The maximum absolute atomic E-state index is 12.7. The average Bonchev–Trinajstić information content (AvgIpc) is 3.52. The zero-order valence-corrected chi connectivity index (χ0v) is 29.2. The highest BCUT2D eigenvalue weighted by Crippen LogP contribution is 2.49. The Balaban J connectivity index is 0.906. The number of hydrogen-bond donors (Lipinski definition) is 4. The predicted octanol–water partition coefficient (Wildman–Crippen LogP) is 6.70. The molecule has 4 atom stereocenters. The van der Waals surface area contributed by atoms with Gasteiger partial charge >= 0.3 is 0 Å². The Bertz CT molecular complexity index is 1590. The van der Waals surface area contributed by atoms with Gasteiger partial charge in [-0.2, -0.15) is 4.98 Å². The van der Waals surface area contributed by atoms with Crippen molar-refractivity contribution < 1.29 is 9.59 Å². The van der Waals surface area contributed by atoms with Crippen LogP contribution in [0, 0.1) is 23.7 Å². The van der Waals surface area contributed by atoms with E-state index in [4.69, 9.17) is 11.6 Å². The van der Waals surface area contributed by atoms with Gasteiger partial charge in [-0.05, 0) is 104 Å². The normalized spacial score (nSPS) is 22.0. The van der Waals surface area contributed by atoms with E-state index in [-0.39, 0.29) is 11.8 Å². The first kappa shape index (κ1) is 34.7. The number of amides is 2. The fraction of sp³-hybridized carbons (Fsp3) is 0.474. The number of halogens is 1. The molecule has 1 aliphatic heterocycles. The Morgan fingerprint density at radius 1 is 1.04 bits per heavy atom. The summed E-state index contributed by atoms with van der Waals surface area (Å²) in [6.07, 6.45) is 9.90. The van der Waals surface area contributed by atoms with Crippen molar-refractivity contribution in [1.29, 1.82) is 0 Å². The molecule has 2 aromatic carbocycles. The molecule has 260 valence electrons. The minimum absolute atomic E-state index is 0.250. The Kier molecular flexibility index (Phi) is 11.7. The molecule has 3 aromatic rings. The summed E-state index contributed by atoms with van der Waals surface area (Å²) in [6.45, 7) is 12.1. The van der Waals surface area contributed by atoms with Gasteiger partial charge in [0.15, 0.2) is 5.82 Å². The zero-order valence-electron chi connectivity index (χ0n) is 28.5. The van der Waals surface area contributed by atoms with E-state index in [0.29, 0.717) is 47.3 Å². The summed E-state index contributed by atoms with van der Waals surface area (Å²) in [5.74, 6) is 3.91. The van der Waals surface area contributed by atoms with Gasteiger partial charge < -0.3 is 26.2 Å². The van der Waals surface area contributed by atoms with Crippen LogP contribution in [0.3, 0.4) is 0 Å². The molecule has 10 nitrogen and oxygen atoms in total. The second-order valence-electron chi connectivity index (χ2n) is 13.9. The second kappa shape index (κ2) is 16.5. The maximum Gasteiger partial charge on any atom is 0.247 e. The van der Waals surface area contributed by atoms with Crippen LogP contribution in [-0.4, -0.2) is 66.0 Å². The van der Waals surface area contributed by atoms with Crippen LogP contribution in [0.1, 0.15) is 51.0 Å². The van der Waals surface area contributed by atoms with Gasteiger partial charge in [0.2, 0.25) is 17.8 Å². The molecule has 1 saturated heterocycles. The van der Waals surface area contributed by atoms with Gasteiger partial charge in [0.1, 0.15) is 5.02 Å². The van der Waals surface area contributed by atoms with E-state index in [1.807, 2.05) is 36.4 Å². The van der Waals surface area contributed by atoms with Gasteiger partial charge in [0, 0.05) is 62.8 Å². The molecule has 6 rings (SSSR count). The summed E-state index contributed by atoms with van der Waals surface area (Å²) in [5.41, 5.74) is 3.72. The van der Waals surface area contributed by atoms with Crippen LogP contribution >= 0.6 is 11.6 Å². The van der Waals surface area contributed by atoms with Crippen molar-refractivity contribution in [3.8, 4) is 0 Å². The zero-order chi connectivity index (χ0) is 34.2. The third kappa shape index (κ3) is 9.51. The summed E-state index contributed by atoms with van der Waals surface area (Å²) in [5, 5.41) is 12.9. The molecule has 3 fully saturated rings. The standard InChI is InChI=1S/C38H49ClN8O2/c1-3-35(48)43-31-7-4-6-28(22-31)24-41-37-34(39)25-42-38(45-37)44-30-10-12-32(13-11-30)47-18-16-46(17-19-47)15-5-14-40-36(49)23-33-26(2)20-27-8-9-29(33)21-27/h3-4,6-7,10-13,22,25-27,29,33H,1,5,8-9,14-21,23-24H2,2H3,(H,40,49)(H,43,48)(H2,41,42,44,45)/t26-,27+,29+,33?/m1/s1. The lowest BCUT2D eigenvalue weighted by atomic mass is 9.71. The minimum Gasteiger partial charge on any atom is -0.369 e. The molecule has 2 aliphatic carbocycles. The van der Waals surface area contributed by atoms with Crippen molar-refractivity contribution >= 4 is 52.2 Å². The molecule has 1 unspecified atom stereocenters. The van der Waals surface area contributed by atoms with Gasteiger partial charge in [0.25, 0.3) is 0 Å². The molecule has 0 radical (unpaired) electrons. The summed E-state index contributed by atoms with van der Waals surface area (Å²) < 4.78 is 0. The van der Waals surface area contributed by atoms with Crippen LogP contribution in [0.25, 0.3) is 0 Å². The number of aromatic nitrogens is 2. The van der Waals surface area contributed by atoms with Gasteiger partial charge in [-0.25, -0.2) is 4.98 Å². The second-order valence-corrected chi connectivity index (χ2v) is 14.3. The molecule has 2 saturated carbocycles. The molecule has 49 heavy (non-hydrogen) atoms. The molecule has 2 heterocycles. The number of nitrogens with zero attached hydrogens (tertiary/aromatic N) is 4. The topological polar surface area (TPSA) is 115 Å². The first-order chi connectivity index (χ1) is 23.8. The quantitative estimate of drug-likeness (QED) is 0.110. The Morgan fingerprint density at radius 2 is 1.86 bits per heavy atom. The first-order valence-corrected chi connectivity index (χ1v) is 18.1. The molecule has 2 bridgehead atoms. The lowest BCUT2D eigenvalue weighted by Crippen LogP contribution is -2.47. The minimum atomic E-state index is -0.259. The monoisotopic (exact) mass is 684 g/mol. The van der Waals surface area contributed by atoms with E-state index in [0.717, 1.165) is 68.8 Å². The van der Waals surface area contributed by atoms with Gasteiger partial charge in [0.05, 0.1) is 6.20 Å². The van der Waals surface area contributed by atoms with Crippen LogP contribution in [0.4, 0.5) is 28.8 Å². The lowest BCUT2D eigenvalue weighted by molar-refractivity contribution is -0.123. The lowest BCUT2D eigenvalue weighted by Gasteiger charge is -2.36. The third-order valence-corrected chi connectivity index (χ3v) is 10.7. The van der Waals surface area contributed by atoms with Crippen molar-refractivity contribution in [2.24, 2.45) is 23.7 Å². The predicted molar refractivity (Wildman–Crippen MR) is 198 cm³/mol. The Hall–Kier alpha value is -4.15. The number of carbonyl (C=O) groups excluding carboxylic acids is 2. The fourth-order valence-electron chi connectivity index (χ4n) is 7.87. The van der Waals surface area contributed by atoms with Crippen molar-refractivity contribution in [2.75, 3.05) is 60.1 Å². The molecular formula is C38H49ClN8O2. The van der Waals surface area contributed by atoms with Crippen LogP contribution in [0.15, 0.2) is 67.4 Å². The number of anilines is 5. The molecule has 3 aliphatic rings. The van der Waals surface area contributed by atoms with Crippen LogP contribution in [-0.2, 0) is 16.1 Å². The number of piperazine rings is 1. The number of nitrogens with one attached hydrogen (secondary N) is 4. The smallest absolute Gasteiger partial charge is 0.247 e. The van der Waals surface area contributed by atoms with E-state index in [9.17, 15) is 9.59 Å². The highest BCUT2D eigenvalue weighted by Gasteiger charge is 2.40. The van der Waals surface area contributed by atoms with Crippen molar-refractivity contribution in [3.05, 3.63) is 78.0 Å². The molecule has 2 amide bonds. The van der Waals surface area contributed by atoms with E-state index in [2.05, 4.69) is 66.7 Å². The van der Waals surface area contributed by atoms with Crippen molar-refractivity contribution in [2.45, 2.75) is 52.0 Å². The fourth-order valence-corrected chi connectivity index (χ4v) is 8.03. The number of hydrogen-bond acceptors (Lipinski definition) is 8. The largest absolute Gasteiger partial charge is 0.369 e. The van der Waals surface area contributed by atoms with Gasteiger partial charge in [-0.1, -0.05) is 43.7 Å². The third-order valence-electron chi connectivity index (χ3n) is 10.5. The molecule has 4 N–H and O–H groups in total. The Morgan fingerprint density at radius 3 is 2.65 bits per heavy atom. The number of rotatable bonds is 14. The average molecular weight is 685 g/mol. The molecule has 1 aromatic heterocycles. The maximum atomic E-state index is 12.7. The van der Waals surface area contributed by atoms with E-state index in [1.54, 1.807) is 6.20 Å². The number of carbonyl (C=O) groups is 2. The SMILES string of the molecule is C=CC(=O)Nc1cccc(CNc2nc(Nc3ccc(N4CCN(CCCNC(=O)CC5[C@H]6CC[C@H](C6)C[C@H]5C)CC4)cc3)ncc2Cl)c1. The number of fused-ring (bicyclic) bond motifs is 2. The van der Waals surface area contributed by atoms with Crippen molar-refractivity contribution in [1.82, 2.24) is 20.2 Å². The highest BCUT2D eigenvalue weighted by molar-refractivity contribution is 6.32.